The van der Waals surface area contributed by atoms with Crippen molar-refractivity contribution in [3.05, 3.63) is 0 Å². The quantitative estimate of drug-likeness (QED) is 0.0259. The number of nitrogens with one attached hydrogen (secondary N) is 1. The van der Waals surface area contributed by atoms with Crippen LogP contribution in [-0.4, -0.2) is 140 Å². The van der Waals surface area contributed by atoms with Crippen molar-refractivity contribution >= 4 is 5.91 Å². The summed E-state index contributed by atoms with van der Waals surface area (Å²) >= 11 is 0. The molecule has 2 heterocycles. The average molecular weight is 1240 g/mol. The molecule has 87 heavy (non-hydrogen) atoms. The molecule has 0 spiro atoms. The first-order chi connectivity index (χ1) is 42.6. The van der Waals surface area contributed by atoms with Crippen LogP contribution in [0.1, 0.15) is 367 Å². The van der Waals surface area contributed by atoms with Crippen LogP contribution in [0, 0.1) is 0 Å². The lowest BCUT2D eigenvalue weighted by Crippen LogP contribution is -2.65. The molecular formula is C73H143NO13. The largest absolute Gasteiger partial charge is 0.394 e. The zero-order valence-corrected chi connectivity index (χ0v) is 56.6. The molecule has 0 radical (unpaired) electrons. The summed E-state index contributed by atoms with van der Waals surface area (Å²) in [4.78, 5) is 13.3. The SMILES string of the molecule is CCCCCCCCCCCCCCCCCCCCCCCCCCCCCCCCCCCCCCCCCC(=O)NC(COC1OC(CO)C(OC2OC(CO)C(O)C(O)C2O)C(O)C1O)C(O)CCCCCCCCCCCCCCCC. The molecule has 12 unspecified atom stereocenters. The standard InChI is InChI=1S/C73H143NO13/c1-3-5-7-9-11-13-15-17-19-20-21-22-23-24-25-26-27-28-29-30-31-32-33-34-35-36-37-38-39-40-41-42-43-45-47-49-51-53-55-57-65(78)74-61(62(77)56-54-52-50-48-46-44-18-16-14-12-10-8-6-4-2)60-84-72-70(83)68(81)71(64(59-76)86-72)87-73-69(82)67(80)66(79)63(58-75)85-73/h61-64,66-73,75-77,79-83H,3-60H2,1-2H3,(H,74,78). The summed E-state index contributed by atoms with van der Waals surface area (Å²) in [6.45, 7) is 2.91. The van der Waals surface area contributed by atoms with Gasteiger partial charge in [0.1, 0.15) is 48.8 Å². The number of ether oxygens (including phenoxy) is 4. The van der Waals surface area contributed by atoms with E-state index >= 15 is 0 Å². The summed E-state index contributed by atoms with van der Waals surface area (Å²) in [5.41, 5.74) is 0. The van der Waals surface area contributed by atoms with Crippen LogP contribution in [0.25, 0.3) is 0 Å². The maximum atomic E-state index is 13.3. The highest BCUT2D eigenvalue weighted by Gasteiger charge is 2.51. The van der Waals surface area contributed by atoms with E-state index in [4.69, 9.17) is 18.9 Å². The van der Waals surface area contributed by atoms with Crippen molar-refractivity contribution in [2.24, 2.45) is 0 Å². The number of unbranched alkanes of at least 4 members (excludes halogenated alkanes) is 51. The van der Waals surface area contributed by atoms with Crippen LogP contribution in [0.2, 0.25) is 0 Å². The van der Waals surface area contributed by atoms with E-state index in [0.717, 1.165) is 51.4 Å². The number of carbonyl (C=O) groups is 1. The molecule has 12 atom stereocenters. The molecule has 14 heteroatoms. The number of aliphatic hydroxyl groups is 8. The summed E-state index contributed by atoms with van der Waals surface area (Å²) in [7, 11) is 0. The third-order valence-electron chi connectivity index (χ3n) is 19.1. The monoisotopic (exact) mass is 1240 g/mol. The molecule has 1 amide bonds. The third kappa shape index (κ3) is 42.8. The maximum absolute atomic E-state index is 13.3. The first kappa shape index (κ1) is 82.1. The number of aliphatic hydroxyl groups excluding tert-OH is 8. The van der Waals surface area contributed by atoms with Gasteiger partial charge in [0.05, 0.1) is 32.0 Å². The molecule has 2 aliphatic heterocycles. The Morgan fingerprint density at radius 1 is 0.368 bits per heavy atom. The van der Waals surface area contributed by atoms with Gasteiger partial charge in [-0.2, -0.15) is 0 Å². The molecule has 9 N–H and O–H groups in total. The second-order valence-electron chi connectivity index (χ2n) is 27.1. The van der Waals surface area contributed by atoms with E-state index in [1.54, 1.807) is 0 Å². The van der Waals surface area contributed by atoms with Gasteiger partial charge in [-0.05, 0) is 12.8 Å². The van der Waals surface area contributed by atoms with Crippen LogP contribution in [0.5, 0.6) is 0 Å². The Balaban J connectivity index is 1.52. The number of carbonyl (C=O) groups excluding carboxylic acids is 1. The molecule has 518 valence electrons. The molecule has 0 aliphatic carbocycles. The zero-order chi connectivity index (χ0) is 63.1. The van der Waals surface area contributed by atoms with E-state index in [2.05, 4.69) is 19.2 Å². The van der Waals surface area contributed by atoms with Crippen molar-refractivity contribution in [3.63, 3.8) is 0 Å². The van der Waals surface area contributed by atoms with Crippen LogP contribution in [0.15, 0.2) is 0 Å². The molecule has 0 bridgehead atoms. The smallest absolute Gasteiger partial charge is 0.220 e. The van der Waals surface area contributed by atoms with Gasteiger partial charge in [0.25, 0.3) is 0 Å². The molecule has 0 aromatic heterocycles. The van der Waals surface area contributed by atoms with Gasteiger partial charge in [0.2, 0.25) is 5.91 Å². The second kappa shape index (κ2) is 58.8. The predicted octanol–water partition coefficient (Wildman–Crippen LogP) is 16.0. The minimum Gasteiger partial charge on any atom is -0.394 e. The first-order valence-corrected chi connectivity index (χ1v) is 37.8. The van der Waals surface area contributed by atoms with Crippen molar-refractivity contribution in [2.45, 2.75) is 441 Å². The predicted molar refractivity (Wildman–Crippen MR) is 356 cm³/mol. The molecule has 0 aromatic rings. The van der Waals surface area contributed by atoms with E-state index in [1.165, 1.54) is 289 Å². The van der Waals surface area contributed by atoms with E-state index in [0.29, 0.717) is 12.8 Å². The molecule has 2 fully saturated rings. The Kier molecular flexibility index (Phi) is 55.5. The van der Waals surface area contributed by atoms with E-state index in [-0.39, 0.29) is 12.5 Å². The van der Waals surface area contributed by atoms with E-state index in [1.807, 2.05) is 0 Å². The highest BCUT2D eigenvalue weighted by Crippen LogP contribution is 2.30. The number of hydrogen-bond acceptors (Lipinski definition) is 13. The molecular weight excluding hydrogens is 1100 g/mol. The van der Waals surface area contributed by atoms with Crippen LogP contribution in [0.3, 0.4) is 0 Å². The summed E-state index contributed by atoms with van der Waals surface area (Å²) in [5, 5.41) is 87.5. The Morgan fingerprint density at radius 3 is 0.977 bits per heavy atom. The lowest BCUT2D eigenvalue weighted by molar-refractivity contribution is -0.359. The van der Waals surface area contributed by atoms with Gasteiger partial charge in [-0.3, -0.25) is 4.79 Å². The second-order valence-corrected chi connectivity index (χ2v) is 27.1. The lowest BCUT2D eigenvalue weighted by atomic mass is 9.97. The fourth-order valence-electron chi connectivity index (χ4n) is 13.1. The van der Waals surface area contributed by atoms with Gasteiger partial charge in [-0.25, -0.2) is 0 Å². The van der Waals surface area contributed by atoms with Crippen molar-refractivity contribution in [2.75, 3.05) is 19.8 Å². The fourth-order valence-corrected chi connectivity index (χ4v) is 13.1. The lowest BCUT2D eigenvalue weighted by Gasteiger charge is -2.46. The van der Waals surface area contributed by atoms with Crippen molar-refractivity contribution in [3.8, 4) is 0 Å². The van der Waals surface area contributed by atoms with Crippen molar-refractivity contribution < 1.29 is 64.6 Å². The van der Waals surface area contributed by atoms with Crippen molar-refractivity contribution in [1.29, 1.82) is 0 Å². The van der Waals surface area contributed by atoms with Gasteiger partial charge in [-0.15, -0.1) is 0 Å². The third-order valence-corrected chi connectivity index (χ3v) is 19.1. The van der Waals surface area contributed by atoms with Gasteiger partial charge in [0, 0.05) is 6.42 Å². The van der Waals surface area contributed by atoms with Gasteiger partial charge in [-0.1, -0.05) is 348 Å². The van der Waals surface area contributed by atoms with E-state index in [9.17, 15) is 45.6 Å². The maximum Gasteiger partial charge on any atom is 0.220 e. The Labute approximate surface area is 534 Å². The minimum absolute atomic E-state index is 0.198. The normalized spacial score (nSPS) is 23.1. The number of amides is 1. The van der Waals surface area contributed by atoms with Gasteiger partial charge < -0.3 is 65.1 Å². The highest BCUT2D eigenvalue weighted by atomic mass is 16.7. The fraction of sp³-hybridized carbons (Fsp3) is 0.986. The molecule has 2 saturated heterocycles. The number of rotatable bonds is 64. The van der Waals surface area contributed by atoms with Gasteiger partial charge in [0.15, 0.2) is 12.6 Å². The summed E-state index contributed by atoms with van der Waals surface area (Å²) < 4.78 is 22.9. The molecule has 0 aromatic carbocycles. The van der Waals surface area contributed by atoms with Crippen LogP contribution < -0.4 is 5.32 Å². The topological polar surface area (TPSA) is 228 Å². The molecule has 2 aliphatic rings. The van der Waals surface area contributed by atoms with Crippen molar-refractivity contribution in [1.82, 2.24) is 5.32 Å². The first-order valence-electron chi connectivity index (χ1n) is 37.8. The Hall–Kier alpha value is -1.01. The van der Waals surface area contributed by atoms with E-state index < -0.39 is 86.8 Å². The Bertz CT molecular complexity index is 1460. The molecule has 2 rings (SSSR count). The molecule has 14 nitrogen and oxygen atoms in total. The van der Waals surface area contributed by atoms with Crippen LogP contribution in [-0.2, 0) is 23.7 Å². The summed E-state index contributed by atoms with van der Waals surface area (Å²) in [6, 6.07) is -0.823. The van der Waals surface area contributed by atoms with Crippen LogP contribution >= 0.6 is 0 Å². The zero-order valence-electron chi connectivity index (χ0n) is 56.6. The minimum atomic E-state index is -1.78. The molecule has 0 saturated carbocycles. The van der Waals surface area contributed by atoms with Gasteiger partial charge >= 0.3 is 0 Å². The summed E-state index contributed by atoms with van der Waals surface area (Å²) in [6.07, 6.45) is 54.6. The number of hydrogen-bond donors (Lipinski definition) is 9. The Morgan fingerprint density at radius 2 is 0.655 bits per heavy atom. The summed E-state index contributed by atoms with van der Waals surface area (Å²) in [5.74, 6) is -0.198. The van der Waals surface area contributed by atoms with Crippen LogP contribution in [0.4, 0.5) is 0 Å². The average Bonchev–Trinajstić information content (AvgIpc) is 2.05. The highest BCUT2D eigenvalue weighted by molar-refractivity contribution is 5.76.